The average Bonchev–Trinajstić information content (AvgIpc) is 2.28. The second-order valence-corrected chi connectivity index (χ2v) is 3.76. The molecule has 1 rings (SSSR count). The molecule has 0 unspecified atom stereocenters. The Morgan fingerprint density at radius 2 is 2.06 bits per heavy atom. The van der Waals surface area contributed by atoms with Crippen LogP contribution in [0.3, 0.4) is 0 Å². The minimum atomic E-state index is -0.682. The molecule has 0 aliphatic rings. The van der Waals surface area contributed by atoms with Crippen LogP contribution in [0.25, 0.3) is 0 Å². The zero-order valence-electron chi connectivity index (χ0n) is 9.45. The first-order chi connectivity index (χ1) is 7.95. The smallest absolute Gasteiger partial charge is 0.342 e. The van der Waals surface area contributed by atoms with Crippen molar-refractivity contribution in [2.24, 2.45) is 0 Å². The number of esters is 1. The third-order valence-electron chi connectivity index (χ3n) is 1.95. The summed E-state index contributed by atoms with van der Waals surface area (Å²) in [6, 6.07) is 2.77. The molecule has 0 aliphatic heterocycles. The van der Waals surface area contributed by atoms with E-state index in [0.717, 1.165) is 0 Å². The molecule has 0 saturated heterocycles. The first kappa shape index (κ1) is 13.3. The number of ether oxygens (including phenoxy) is 2. The van der Waals surface area contributed by atoms with E-state index in [9.17, 15) is 9.59 Å². The maximum atomic E-state index is 11.6. The van der Waals surface area contributed by atoms with E-state index < -0.39 is 5.97 Å². The van der Waals surface area contributed by atoms with Gasteiger partial charge in [-0.2, -0.15) is 0 Å². The molecule has 0 fully saturated rings. The van der Waals surface area contributed by atoms with E-state index in [2.05, 4.69) is 0 Å². The summed E-state index contributed by atoms with van der Waals surface area (Å²) in [4.78, 5) is 22.3. The molecule has 1 aromatic carbocycles. The molecule has 0 aromatic heterocycles. The van der Waals surface area contributed by atoms with Crippen molar-refractivity contribution < 1.29 is 19.1 Å². The Hall–Kier alpha value is -1.75. The minimum Gasteiger partial charge on any atom is -0.496 e. The van der Waals surface area contributed by atoms with Gasteiger partial charge in [-0.3, -0.25) is 4.79 Å². The number of Topliss-reactive ketones (excluding diaryl/α,β-unsaturated/α-hetero) is 1. The van der Waals surface area contributed by atoms with Crippen molar-refractivity contribution in [3.05, 3.63) is 22.7 Å². The van der Waals surface area contributed by atoms with Crippen LogP contribution in [-0.2, 0) is 9.53 Å². The van der Waals surface area contributed by atoms with Crippen molar-refractivity contribution in [3.8, 4) is 5.75 Å². The average molecular weight is 258 g/mol. The Balaban J connectivity index is 2.99. The third-order valence-corrected chi connectivity index (χ3v) is 2.27. The summed E-state index contributed by atoms with van der Waals surface area (Å²) in [7, 11) is 1.39. The number of hydrogen-bond acceptors (Lipinski definition) is 5. The van der Waals surface area contributed by atoms with Gasteiger partial charge in [-0.25, -0.2) is 4.79 Å². The van der Waals surface area contributed by atoms with Gasteiger partial charge in [-0.1, -0.05) is 11.6 Å². The number of hydrogen-bond donors (Lipinski definition) is 1. The lowest BCUT2D eigenvalue weighted by Gasteiger charge is -2.09. The molecular formula is C11H12ClNO4. The number of rotatable bonds is 4. The van der Waals surface area contributed by atoms with E-state index in [-0.39, 0.29) is 28.7 Å². The third kappa shape index (κ3) is 3.35. The Labute approximate surface area is 103 Å². The van der Waals surface area contributed by atoms with Crippen molar-refractivity contribution in [1.29, 1.82) is 0 Å². The van der Waals surface area contributed by atoms with Gasteiger partial charge in [-0.15, -0.1) is 0 Å². The van der Waals surface area contributed by atoms with Gasteiger partial charge in [0.2, 0.25) is 0 Å². The molecule has 92 valence electrons. The fourth-order valence-electron chi connectivity index (χ4n) is 1.14. The maximum Gasteiger partial charge on any atom is 0.342 e. The predicted octanol–water partition coefficient (Wildman–Crippen LogP) is 1.68. The molecule has 1 aromatic rings. The Morgan fingerprint density at radius 3 is 2.59 bits per heavy atom. The van der Waals surface area contributed by atoms with E-state index in [1.165, 1.54) is 26.2 Å². The second-order valence-electron chi connectivity index (χ2n) is 3.35. The number of carbonyl (C=O) groups excluding carboxylic acids is 2. The molecule has 0 heterocycles. The van der Waals surface area contributed by atoms with Crippen molar-refractivity contribution in [1.82, 2.24) is 0 Å². The Bertz CT molecular complexity index is 459. The normalized spacial score (nSPS) is 9.82. The van der Waals surface area contributed by atoms with Crippen LogP contribution in [0.1, 0.15) is 17.3 Å². The van der Waals surface area contributed by atoms with Crippen LogP contribution in [-0.4, -0.2) is 25.5 Å². The fourth-order valence-corrected chi connectivity index (χ4v) is 1.31. The molecule has 0 atom stereocenters. The molecule has 6 heteroatoms. The van der Waals surface area contributed by atoms with Gasteiger partial charge in [0.15, 0.2) is 5.78 Å². The molecule has 0 amide bonds. The molecule has 0 saturated carbocycles. The molecule has 0 radical (unpaired) electrons. The van der Waals surface area contributed by atoms with Crippen molar-refractivity contribution >= 4 is 29.0 Å². The lowest BCUT2D eigenvalue weighted by molar-refractivity contribution is -0.120. The van der Waals surface area contributed by atoms with E-state index in [1.807, 2.05) is 0 Å². The number of ketones is 1. The van der Waals surface area contributed by atoms with Crippen molar-refractivity contribution in [2.75, 3.05) is 19.5 Å². The van der Waals surface area contributed by atoms with E-state index in [1.54, 1.807) is 0 Å². The zero-order valence-corrected chi connectivity index (χ0v) is 10.2. The van der Waals surface area contributed by atoms with Crippen molar-refractivity contribution in [2.45, 2.75) is 6.92 Å². The van der Waals surface area contributed by atoms with Crippen LogP contribution >= 0.6 is 11.6 Å². The number of halogens is 1. The summed E-state index contributed by atoms with van der Waals surface area (Å²) in [5.74, 6) is -0.682. The van der Waals surface area contributed by atoms with Gasteiger partial charge < -0.3 is 15.2 Å². The van der Waals surface area contributed by atoms with E-state index >= 15 is 0 Å². The van der Waals surface area contributed by atoms with Gasteiger partial charge in [0.05, 0.1) is 17.8 Å². The van der Waals surface area contributed by atoms with Gasteiger partial charge in [0, 0.05) is 6.07 Å². The number of benzene rings is 1. The van der Waals surface area contributed by atoms with Crippen LogP contribution in [0.2, 0.25) is 5.02 Å². The van der Waals surface area contributed by atoms with Crippen LogP contribution in [0.4, 0.5) is 5.69 Å². The summed E-state index contributed by atoms with van der Waals surface area (Å²) in [6.45, 7) is 1.03. The number of methoxy groups -OCH3 is 1. The summed E-state index contributed by atoms with van der Waals surface area (Å²) in [5.41, 5.74) is 6.00. The monoisotopic (exact) mass is 257 g/mol. The Morgan fingerprint density at radius 1 is 1.41 bits per heavy atom. The molecule has 5 nitrogen and oxygen atoms in total. The highest BCUT2D eigenvalue weighted by atomic mass is 35.5. The highest BCUT2D eigenvalue weighted by Gasteiger charge is 2.16. The zero-order chi connectivity index (χ0) is 13.0. The molecular weight excluding hydrogens is 246 g/mol. The first-order valence-electron chi connectivity index (χ1n) is 4.75. The standard InChI is InChI=1S/C11H12ClNO4/c1-6(14)5-17-11(15)7-3-8(12)9(13)4-10(7)16-2/h3-4H,5,13H2,1-2H3. The number of nitrogens with two attached hydrogens (primary N) is 1. The largest absolute Gasteiger partial charge is 0.496 e. The number of anilines is 1. The molecule has 2 N–H and O–H groups in total. The van der Waals surface area contributed by atoms with Gasteiger partial charge >= 0.3 is 5.97 Å². The molecule has 0 spiro atoms. The lowest BCUT2D eigenvalue weighted by atomic mass is 10.2. The summed E-state index contributed by atoms with van der Waals surface area (Å²) in [5, 5.41) is 0.223. The summed E-state index contributed by atoms with van der Waals surface area (Å²) in [6.07, 6.45) is 0. The van der Waals surface area contributed by atoms with Crippen molar-refractivity contribution in [3.63, 3.8) is 0 Å². The van der Waals surface area contributed by atoms with E-state index in [0.29, 0.717) is 5.69 Å². The quantitative estimate of drug-likeness (QED) is 0.656. The second kappa shape index (κ2) is 5.54. The maximum absolute atomic E-state index is 11.6. The van der Waals surface area contributed by atoms with Crippen LogP contribution in [0.15, 0.2) is 12.1 Å². The summed E-state index contributed by atoms with van der Waals surface area (Å²) < 4.78 is 9.74. The van der Waals surface area contributed by atoms with E-state index in [4.69, 9.17) is 26.8 Å². The highest BCUT2D eigenvalue weighted by Crippen LogP contribution is 2.29. The fraction of sp³-hybridized carbons (Fsp3) is 0.273. The van der Waals surface area contributed by atoms with Crippen LogP contribution in [0.5, 0.6) is 5.75 Å². The van der Waals surface area contributed by atoms with Crippen LogP contribution in [0, 0.1) is 0 Å². The minimum absolute atomic E-state index is 0.132. The molecule has 17 heavy (non-hydrogen) atoms. The molecule has 0 aliphatic carbocycles. The SMILES string of the molecule is COc1cc(N)c(Cl)cc1C(=O)OCC(C)=O. The predicted molar refractivity (Wildman–Crippen MR) is 63.4 cm³/mol. The Kier molecular flexibility index (Phi) is 4.34. The molecule has 0 bridgehead atoms. The topological polar surface area (TPSA) is 78.6 Å². The van der Waals surface area contributed by atoms with Gasteiger partial charge in [0.1, 0.15) is 17.9 Å². The number of carbonyl (C=O) groups is 2. The summed E-state index contributed by atoms with van der Waals surface area (Å²) >= 11 is 5.79. The number of nitrogen functional groups attached to an aromatic ring is 1. The van der Waals surface area contributed by atoms with Gasteiger partial charge in [0.25, 0.3) is 0 Å². The highest BCUT2D eigenvalue weighted by molar-refractivity contribution is 6.33. The first-order valence-corrected chi connectivity index (χ1v) is 5.13. The van der Waals surface area contributed by atoms with Crippen LogP contribution < -0.4 is 10.5 Å². The van der Waals surface area contributed by atoms with Gasteiger partial charge in [-0.05, 0) is 13.0 Å². The lowest BCUT2D eigenvalue weighted by Crippen LogP contribution is -2.12.